The summed E-state index contributed by atoms with van der Waals surface area (Å²) in [5, 5.41) is 12.3. The number of carbonyl (C=O) groups is 1. The molecule has 1 N–H and O–H groups in total. The SMILES string of the molecule is Cc1nnc(S[C@@H](C)C(=O)Nc2ccc(N3CCOCC3)cc2)n1C1CCCCC1. The van der Waals surface area contributed by atoms with Crippen molar-refractivity contribution in [2.24, 2.45) is 0 Å². The van der Waals surface area contributed by atoms with Gasteiger partial charge in [0.25, 0.3) is 0 Å². The third-order valence-corrected chi connectivity index (χ3v) is 6.99. The molecule has 1 aromatic heterocycles. The first-order valence-corrected chi connectivity index (χ1v) is 11.8. The number of thioether (sulfide) groups is 1. The lowest BCUT2D eigenvalue weighted by Gasteiger charge is -2.29. The highest BCUT2D eigenvalue weighted by Gasteiger charge is 2.24. The summed E-state index contributed by atoms with van der Waals surface area (Å²) in [6.07, 6.45) is 6.15. The molecule has 1 amide bonds. The number of amides is 1. The van der Waals surface area contributed by atoms with Gasteiger partial charge in [-0.3, -0.25) is 4.79 Å². The van der Waals surface area contributed by atoms with E-state index in [0.29, 0.717) is 6.04 Å². The molecule has 8 heteroatoms. The number of nitrogens with zero attached hydrogens (tertiary/aromatic N) is 4. The van der Waals surface area contributed by atoms with Crippen molar-refractivity contribution in [3.63, 3.8) is 0 Å². The molecule has 4 rings (SSSR count). The molecule has 2 aromatic rings. The predicted octanol–water partition coefficient (Wildman–Crippen LogP) is 4.05. The molecule has 2 heterocycles. The molecule has 1 aliphatic heterocycles. The van der Waals surface area contributed by atoms with Crippen molar-refractivity contribution in [1.29, 1.82) is 0 Å². The van der Waals surface area contributed by atoms with Gasteiger partial charge in [-0.15, -0.1) is 10.2 Å². The van der Waals surface area contributed by atoms with E-state index in [2.05, 4.69) is 37.1 Å². The molecule has 30 heavy (non-hydrogen) atoms. The molecular formula is C22H31N5O2S. The minimum Gasteiger partial charge on any atom is -0.378 e. The van der Waals surface area contributed by atoms with Crippen molar-refractivity contribution in [1.82, 2.24) is 14.8 Å². The van der Waals surface area contributed by atoms with E-state index in [1.165, 1.54) is 43.9 Å². The van der Waals surface area contributed by atoms with Crippen molar-refractivity contribution in [2.75, 3.05) is 36.5 Å². The molecule has 0 unspecified atom stereocenters. The third kappa shape index (κ3) is 4.98. The number of morpholine rings is 1. The maximum absolute atomic E-state index is 12.8. The summed E-state index contributed by atoms with van der Waals surface area (Å²) in [6.45, 7) is 7.26. The van der Waals surface area contributed by atoms with Gasteiger partial charge in [0.05, 0.1) is 18.5 Å². The summed E-state index contributed by atoms with van der Waals surface area (Å²) >= 11 is 1.49. The standard InChI is InChI=1S/C22H31N5O2S/c1-16(30-22-25-24-17(2)27(22)20-6-4-3-5-7-20)21(28)23-18-8-10-19(11-9-18)26-12-14-29-15-13-26/h8-11,16,20H,3-7,12-15H2,1-2H3,(H,23,28)/t16-/m0/s1. The minimum atomic E-state index is -0.255. The smallest absolute Gasteiger partial charge is 0.237 e. The zero-order valence-corrected chi connectivity index (χ0v) is 18.7. The Morgan fingerprint density at radius 3 is 2.53 bits per heavy atom. The quantitative estimate of drug-likeness (QED) is 0.699. The normalized spacial score (nSPS) is 18.9. The number of aryl methyl sites for hydroxylation is 1. The first kappa shape index (κ1) is 21.2. The van der Waals surface area contributed by atoms with Crippen LogP contribution in [0.1, 0.15) is 50.9 Å². The monoisotopic (exact) mass is 429 g/mol. The number of aromatic nitrogens is 3. The molecule has 162 valence electrons. The summed E-state index contributed by atoms with van der Waals surface area (Å²) in [5.41, 5.74) is 1.98. The molecule has 1 saturated carbocycles. The van der Waals surface area contributed by atoms with E-state index < -0.39 is 0 Å². The molecule has 7 nitrogen and oxygen atoms in total. The van der Waals surface area contributed by atoms with E-state index in [1.54, 1.807) is 0 Å². The highest BCUT2D eigenvalue weighted by atomic mass is 32.2. The fraction of sp³-hybridized carbons (Fsp3) is 0.591. The van der Waals surface area contributed by atoms with Gasteiger partial charge in [-0.1, -0.05) is 31.0 Å². The maximum Gasteiger partial charge on any atom is 0.237 e. The molecule has 1 saturated heterocycles. The van der Waals surface area contributed by atoms with Gasteiger partial charge in [-0.25, -0.2) is 0 Å². The van der Waals surface area contributed by atoms with Gasteiger partial charge < -0.3 is 19.5 Å². The Labute approximate surface area is 182 Å². The third-order valence-electron chi connectivity index (χ3n) is 5.94. The lowest BCUT2D eigenvalue weighted by atomic mass is 9.95. The molecule has 2 aliphatic rings. The van der Waals surface area contributed by atoms with Crippen molar-refractivity contribution in [3.8, 4) is 0 Å². The van der Waals surface area contributed by atoms with E-state index >= 15 is 0 Å². The van der Waals surface area contributed by atoms with Crippen LogP contribution < -0.4 is 10.2 Å². The Hall–Kier alpha value is -2.06. The Morgan fingerprint density at radius 1 is 1.13 bits per heavy atom. The second-order valence-corrected chi connectivity index (χ2v) is 9.40. The Balaban J connectivity index is 1.36. The van der Waals surface area contributed by atoms with Crippen molar-refractivity contribution >= 4 is 29.0 Å². The van der Waals surface area contributed by atoms with Gasteiger partial charge in [-0.05, 0) is 51.0 Å². The van der Waals surface area contributed by atoms with E-state index in [9.17, 15) is 4.79 Å². The van der Waals surface area contributed by atoms with Crippen LogP contribution in [0.25, 0.3) is 0 Å². The molecule has 0 spiro atoms. The summed E-state index contributed by atoms with van der Waals surface area (Å²) in [5.74, 6) is 0.922. The van der Waals surface area contributed by atoms with Gasteiger partial charge >= 0.3 is 0 Å². The number of anilines is 2. The Morgan fingerprint density at radius 2 is 1.83 bits per heavy atom. The minimum absolute atomic E-state index is 0.0185. The van der Waals surface area contributed by atoms with Gasteiger partial charge in [0.15, 0.2) is 5.16 Å². The van der Waals surface area contributed by atoms with E-state index in [-0.39, 0.29) is 11.2 Å². The fourth-order valence-electron chi connectivity index (χ4n) is 4.22. The lowest BCUT2D eigenvalue weighted by molar-refractivity contribution is -0.115. The molecule has 1 aliphatic carbocycles. The number of carbonyl (C=O) groups excluding carboxylic acids is 1. The largest absolute Gasteiger partial charge is 0.378 e. The zero-order chi connectivity index (χ0) is 20.9. The first-order chi connectivity index (χ1) is 14.6. The number of ether oxygens (including phenoxy) is 1. The molecule has 0 radical (unpaired) electrons. The van der Waals surface area contributed by atoms with E-state index in [4.69, 9.17) is 4.74 Å². The number of hydrogen-bond donors (Lipinski definition) is 1. The zero-order valence-electron chi connectivity index (χ0n) is 17.8. The summed E-state index contributed by atoms with van der Waals surface area (Å²) in [4.78, 5) is 15.1. The highest BCUT2D eigenvalue weighted by molar-refractivity contribution is 8.00. The van der Waals surface area contributed by atoms with Crippen LogP contribution >= 0.6 is 11.8 Å². The first-order valence-electron chi connectivity index (χ1n) is 10.9. The highest BCUT2D eigenvalue weighted by Crippen LogP contribution is 2.33. The average molecular weight is 430 g/mol. The number of benzene rings is 1. The van der Waals surface area contributed by atoms with Crippen LogP contribution in [0.4, 0.5) is 11.4 Å². The molecule has 1 atom stereocenters. The Kier molecular flexibility index (Phi) is 6.94. The topological polar surface area (TPSA) is 72.3 Å². The van der Waals surface area contributed by atoms with Crippen LogP contribution in [0.5, 0.6) is 0 Å². The van der Waals surface area contributed by atoms with Crippen LogP contribution in [-0.2, 0) is 9.53 Å². The van der Waals surface area contributed by atoms with E-state index in [0.717, 1.165) is 48.7 Å². The number of nitrogens with one attached hydrogen (secondary N) is 1. The van der Waals surface area contributed by atoms with Crippen LogP contribution in [0.2, 0.25) is 0 Å². The van der Waals surface area contributed by atoms with Crippen molar-refractivity contribution in [3.05, 3.63) is 30.1 Å². The van der Waals surface area contributed by atoms with Gasteiger partial charge in [0.2, 0.25) is 5.91 Å². The molecule has 1 aromatic carbocycles. The van der Waals surface area contributed by atoms with Crippen LogP contribution in [-0.4, -0.2) is 52.2 Å². The summed E-state index contributed by atoms with van der Waals surface area (Å²) < 4.78 is 7.65. The van der Waals surface area contributed by atoms with Crippen LogP contribution in [0, 0.1) is 6.92 Å². The van der Waals surface area contributed by atoms with Gasteiger partial charge in [-0.2, -0.15) is 0 Å². The van der Waals surface area contributed by atoms with Crippen molar-refractivity contribution in [2.45, 2.75) is 62.4 Å². The fourth-order valence-corrected chi connectivity index (χ4v) is 5.19. The lowest BCUT2D eigenvalue weighted by Crippen LogP contribution is -2.36. The number of rotatable bonds is 6. The van der Waals surface area contributed by atoms with Crippen molar-refractivity contribution < 1.29 is 9.53 Å². The summed E-state index contributed by atoms with van der Waals surface area (Å²) in [7, 11) is 0. The van der Waals surface area contributed by atoms with E-state index in [1.807, 2.05) is 26.0 Å². The maximum atomic E-state index is 12.8. The van der Waals surface area contributed by atoms with Gasteiger partial charge in [0.1, 0.15) is 5.82 Å². The summed E-state index contributed by atoms with van der Waals surface area (Å²) in [6, 6.07) is 8.51. The molecular weight excluding hydrogens is 398 g/mol. The predicted molar refractivity (Wildman–Crippen MR) is 120 cm³/mol. The van der Waals surface area contributed by atoms with Gasteiger partial charge in [0, 0.05) is 30.5 Å². The molecule has 2 fully saturated rings. The van der Waals surface area contributed by atoms with Crippen LogP contribution in [0.3, 0.4) is 0 Å². The second kappa shape index (κ2) is 9.83. The Bertz CT molecular complexity index is 842. The molecule has 0 bridgehead atoms. The second-order valence-electron chi connectivity index (χ2n) is 8.09. The average Bonchev–Trinajstić information content (AvgIpc) is 3.15. The van der Waals surface area contributed by atoms with Crippen LogP contribution in [0.15, 0.2) is 29.4 Å². The number of hydrogen-bond acceptors (Lipinski definition) is 6.